The number of carbonyl (C=O) groups excluding carboxylic acids is 4. The number of pyridine rings is 1. The molecule has 0 saturated carbocycles. The number of carbonyl (C=O) groups is 4. The fourth-order valence-electron chi connectivity index (χ4n) is 8.47. The van der Waals surface area contributed by atoms with Gasteiger partial charge in [0.05, 0.1) is 29.1 Å². The van der Waals surface area contributed by atoms with Crippen molar-refractivity contribution in [3.63, 3.8) is 0 Å². The van der Waals surface area contributed by atoms with Gasteiger partial charge in [0.15, 0.2) is 5.65 Å². The third-order valence-corrected chi connectivity index (χ3v) is 11.4. The summed E-state index contributed by atoms with van der Waals surface area (Å²) in [6, 6.07) is 20.5. The number of hydrogen-bond donors (Lipinski definition) is 2. The van der Waals surface area contributed by atoms with E-state index in [9.17, 15) is 23.6 Å². The number of aromatic nitrogens is 4. The number of fused-ring (bicyclic) bond motifs is 2. The van der Waals surface area contributed by atoms with Gasteiger partial charge in [-0.1, -0.05) is 18.2 Å². The van der Waals surface area contributed by atoms with Gasteiger partial charge in [-0.05, 0) is 106 Å². The summed E-state index contributed by atoms with van der Waals surface area (Å²) < 4.78 is 15.9. The standard InChI is InChI=1S/C41H40FN9O4/c1-24-10-13-33(39(53)44-24)50-40(54)29-12-11-28(22-30(29)41(50)55)45-38(52)25-16-19-48(20-17-25)36-9-3-7-31(46-36)34-23-43-35-14-15-37(47-51(34)35)49-18-4-8-32(49)26-5-2-6-27(42)21-26/h2-3,5-7,9,11-12,14-15,21-25,32-33H,4,8,10,13,16-20H2,1H3,(H,44,53)(H,45,52)/t24?,32-,33+/m1/s1. The molecule has 9 rings (SSSR count). The zero-order chi connectivity index (χ0) is 37.8. The number of halogens is 1. The number of hydrogen-bond acceptors (Lipinski definition) is 9. The lowest BCUT2D eigenvalue weighted by Crippen LogP contribution is -2.54. The quantitative estimate of drug-likeness (QED) is 0.210. The molecule has 7 heterocycles. The van der Waals surface area contributed by atoms with Crippen LogP contribution in [0.1, 0.15) is 77.8 Å². The van der Waals surface area contributed by atoms with Gasteiger partial charge in [-0.25, -0.2) is 18.9 Å². The Bertz CT molecular complexity index is 2360. The smallest absolute Gasteiger partial charge is 0.262 e. The van der Waals surface area contributed by atoms with E-state index in [0.29, 0.717) is 50.1 Å². The Kier molecular flexibility index (Phi) is 8.74. The summed E-state index contributed by atoms with van der Waals surface area (Å²) >= 11 is 0. The van der Waals surface area contributed by atoms with E-state index in [2.05, 4.69) is 25.4 Å². The van der Waals surface area contributed by atoms with Crippen molar-refractivity contribution in [2.45, 2.75) is 63.6 Å². The zero-order valence-electron chi connectivity index (χ0n) is 30.3. The van der Waals surface area contributed by atoms with Crippen molar-refractivity contribution in [3.8, 4) is 11.4 Å². The van der Waals surface area contributed by atoms with E-state index in [0.717, 1.165) is 52.9 Å². The SMILES string of the molecule is CC1CC[C@H](N2C(=O)c3ccc(NC(=O)C4CCN(c5cccc(-c6cnc7ccc(N8CCC[C@@H]8c8cccc(F)c8)nn67)n5)CC4)cc3C2=O)C(=O)N1. The first-order chi connectivity index (χ1) is 26.7. The van der Waals surface area contributed by atoms with E-state index < -0.39 is 17.9 Å². The molecule has 3 fully saturated rings. The summed E-state index contributed by atoms with van der Waals surface area (Å²) in [5.41, 5.74) is 3.97. The normalized spacial score (nSPS) is 21.7. The van der Waals surface area contributed by atoms with Crippen LogP contribution in [0.3, 0.4) is 0 Å². The molecule has 14 heteroatoms. The summed E-state index contributed by atoms with van der Waals surface area (Å²) in [7, 11) is 0. The van der Waals surface area contributed by atoms with Crippen LogP contribution in [0.25, 0.3) is 17.0 Å². The predicted octanol–water partition coefficient (Wildman–Crippen LogP) is 5.39. The summed E-state index contributed by atoms with van der Waals surface area (Å²) in [5.74, 6) is -0.397. The molecule has 280 valence electrons. The van der Waals surface area contributed by atoms with Crippen molar-refractivity contribution >= 4 is 46.6 Å². The molecule has 2 N–H and O–H groups in total. The molecule has 4 aliphatic rings. The van der Waals surface area contributed by atoms with Crippen LogP contribution in [0.15, 0.2) is 79.0 Å². The first-order valence-corrected chi connectivity index (χ1v) is 18.9. The highest BCUT2D eigenvalue weighted by atomic mass is 19.1. The summed E-state index contributed by atoms with van der Waals surface area (Å²) in [5, 5.41) is 10.8. The number of nitrogens with zero attached hydrogens (tertiary/aromatic N) is 7. The zero-order valence-corrected chi connectivity index (χ0v) is 30.3. The molecule has 1 unspecified atom stereocenters. The topological polar surface area (TPSA) is 145 Å². The van der Waals surface area contributed by atoms with E-state index in [4.69, 9.17) is 10.1 Å². The van der Waals surface area contributed by atoms with Crippen molar-refractivity contribution in [2.75, 3.05) is 34.8 Å². The number of anilines is 3. The number of benzene rings is 2. The second kappa shape index (κ2) is 13.9. The number of piperidine rings is 2. The minimum Gasteiger partial charge on any atom is -0.357 e. The Morgan fingerprint density at radius 2 is 1.65 bits per heavy atom. The molecule has 4 amide bonds. The van der Waals surface area contributed by atoms with Gasteiger partial charge in [-0.2, -0.15) is 0 Å². The van der Waals surface area contributed by atoms with Crippen LogP contribution in [-0.2, 0) is 9.59 Å². The van der Waals surface area contributed by atoms with E-state index in [1.165, 1.54) is 12.1 Å². The molecule has 5 aromatic rings. The third-order valence-electron chi connectivity index (χ3n) is 11.4. The van der Waals surface area contributed by atoms with Crippen molar-refractivity contribution in [1.82, 2.24) is 29.8 Å². The van der Waals surface area contributed by atoms with E-state index in [-0.39, 0.29) is 46.8 Å². The second-order valence-corrected chi connectivity index (χ2v) is 14.9. The Labute approximate surface area is 316 Å². The van der Waals surface area contributed by atoms with Crippen molar-refractivity contribution in [3.05, 3.63) is 102 Å². The van der Waals surface area contributed by atoms with Gasteiger partial charge in [-0.3, -0.25) is 24.1 Å². The van der Waals surface area contributed by atoms with Crippen molar-refractivity contribution < 1.29 is 23.6 Å². The highest BCUT2D eigenvalue weighted by Crippen LogP contribution is 2.36. The molecule has 0 aliphatic carbocycles. The van der Waals surface area contributed by atoms with Crippen LogP contribution in [-0.4, -0.2) is 79.8 Å². The summed E-state index contributed by atoms with van der Waals surface area (Å²) in [4.78, 5) is 67.6. The molecule has 0 radical (unpaired) electrons. The maximum Gasteiger partial charge on any atom is 0.262 e. The molecule has 0 bridgehead atoms. The van der Waals surface area contributed by atoms with Gasteiger partial charge in [0, 0.05) is 37.3 Å². The monoisotopic (exact) mass is 741 g/mol. The first-order valence-electron chi connectivity index (χ1n) is 18.9. The average Bonchev–Trinajstić information content (AvgIpc) is 3.92. The molecule has 2 aromatic carbocycles. The highest BCUT2D eigenvalue weighted by molar-refractivity contribution is 6.23. The van der Waals surface area contributed by atoms with E-state index in [1.807, 2.05) is 47.8 Å². The molecule has 13 nitrogen and oxygen atoms in total. The fourth-order valence-corrected chi connectivity index (χ4v) is 8.47. The molecule has 4 aliphatic heterocycles. The Balaban J connectivity index is 0.857. The van der Waals surface area contributed by atoms with Gasteiger partial charge in [0.25, 0.3) is 11.8 Å². The van der Waals surface area contributed by atoms with Crippen LogP contribution < -0.4 is 20.4 Å². The Morgan fingerprint density at radius 3 is 2.47 bits per heavy atom. The Morgan fingerprint density at radius 1 is 0.836 bits per heavy atom. The fraction of sp³-hybridized carbons (Fsp3) is 0.341. The van der Waals surface area contributed by atoms with Gasteiger partial charge >= 0.3 is 0 Å². The van der Waals surface area contributed by atoms with Crippen LogP contribution in [0.4, 0.5) is 21.7 Å². The van der Waals surface area contributed by atoms with E-state index in [1.54, 1.807) is 30.5 Å². The summed E-state index contributed by atoms with van der Waals surface area (Å²) in [6.07, 6.45) is 5.97. The molecule has 3 aromatic heterocycles. The number of imide groups is 1. The number of rotatable bonds is 7. The molecule has 3 atom stereocenters. The molecule has 3 saturated heterocycles. The van der Waals surface area contributed by atoms with Crippen LogP contribution in [0.2, 0.25) is 0 Å². The number of imidazole rings is 1. The number of nitrogens with one attached hydrogen (secondary N) is 2. The van der Waals surface area contributed by atoms with Gasteiger partial charge in [-0.15, -0.1) is 5.10 Å². The van der Waals surface area contributed by atoms with Gasteiger partial charge in [0.2, 0.25) is 11.8 Å². The van der Waals surface area contributed by atoms with Gasteiger partial charge < -0.3 is 20.4 Å². The van der Waals surface area contributed by atoms with Crippen LogP contribution >= 0.6 is 0 Å². The van der Waals surface area contributed by atoms with Crippen LogP contribution in [0, 0.1) is 11.7 Å². The Hall–Kier alpha value is -6.18. The lowest BCUT2D eigenvalue weighted by atomic mass is 9.95. The van der Waals surface area contributed by atoms with Gasteiger partial charge in [0.1, 0.15) is 29.2 Å². The lowest BCUT2D eigenvalue weighted by Gasteiger charge is -2.32. The average molecular weight is 742 g/mol. The van der Waals surface area contributed by atoms with Crippen molar-refractivity contribution in [2.24, 2.45) is 5.92 Å². The molecular weight excluding hydrogens is 702 g/mol. The minimum absolute atomic E-state index is 0.00558. The van der Waals surface area contributed by atoms with Crippen molar-refractivity contribution in [1.29, 1.82) is 0 Å². The lowest BCUT2D eigenvalue weighted by molar-refractivity contribution is -0.127. The molecule has 0 spiro atoms. The molecular formula is C41H40FN9O4. The first kappa shape index (κ1) is 34.6. The minimum atomic E-state index is -0.840. The highest BCUT2D eigenvalue weighted by Gasteiger charge is 2.44. The second-order valence-electron chi connectivity index (χ2n) is 14.9. The third kappa shape index (κ3) is 6.34. The largest absolute Gasteiger partial charge is 0.357 e. The molecule has 55 heavy (non-hydrogen) atoms. The van der Waals surface area contributed by atoms with E-state index >= 15 is 0 Å². The predicted molar refractivity (Wildman–Crippen MR) is 203 cm³/mol. The maximum absolute atomic E-state index is 14.1. The van der Waals surface area contributed by atoms with Crippen LogP contribution in [0.5, 0.6) is 0 Å². The number of amides is 4. The maximum atomic E-state index is 14.1. The summed E-state index contributed by atoms with van der Waals surface area (Å²) in [6.45, 7) is 3.95.